The van der Waals surface area contributed by atoms with E-state index in [1.807, 2.05) is 48.7 Å². The fourth-order valence-electron chi connectivity index (χ4n) is 2.47. The molecule has 22 heavy (non-hydrogen) atoms. The van der Waals surface area contributed by atoms with Crippen LogP contribution in [0.4, 0.5) is 0 Å². The molecule has 1 aromatic heterocycles. The molecule has 0 radical (unpaired) electrons. The summed E-state index contributed by atoms with van der Waals surface area (Å²) in [5.41, 5.74) is 8.58. The first-order valence-electron chi connectivity index (χ1n) is 6.91. The average molecular weight is 295 g/mol. The molecular weight excluding hydrogens is 278 g/mol. The number of aromatic nitrogens is 1. The Kier molecular flexibility index (Phi) is 3.70. The molecule has 0 aliphatic rings. The highest BCUT2D eigenvalue weighted by Crippen LogP contribution is 2.20. The monoisotopic (exact) mass is 295 g/mol. The number of oxime groups is 1. The number of rotatable bonds is 4. The van der Waals surface area contributed by atoms with Crippen molar-refractivity contribution >= 4 is 16.7 Å². The Hall–Kier alpha value is -2.95. The van der Waals surface area contributed by atoms with Gasteiger partial charge in [0.15, 0.2) is 5.84 Å². The van der Waals surface area contributed by atoms with Gasteiger partial charge in [-0.25, -0.2) is 0 Å². The molecule has 3 rings (SSSR count). The van der Waals surface area contributed by atoms with Crippen molar-refractivity contribution in [3.05, 3.63) is 65.9 Å². The quantitative estimate of drug-likeness (QED) is 0.336. The predicted octanol–water partition coefficient (Wildman–Crippen LogP) is 2.79. The normalized spacial score (nSPS) is 11.8. The van der Waals surface area contributed by atoms with E-state index in [1.165, 1.54) is 5.56 Å². The lowest BCUT2D eigenvalue weighted by molar-refractivity contribution is 0.318. The van der Waals surface area contributed by atoms with Crippen LogP contribution in [0.15, 0.2) is 59.9 Å². The summed E-state index contributed by atoms with van der Waals surface area (Å²) in [5, 5.41) is 13.0. The summed E-state index contributed by atoms with van der Waals surface area (Å²) in [6.07, 6.45) is 2.03. The van der Waals surface area contributed by atoms with Crippen LogP contribution >= 0.6 is 0 Å². The molecule has 2 aromatic carbocycles. The van der Waals surface area contributed by atoms with Gasteiger partial charge in [0.2, 0.25) is 0 Å². The average Bonchev–Trinajstić information content (AvgIpc) is 2.97. The maximum Gasteiger partial charge on any atom is 0.170 e. The van der Waals surface area contributed by atoms with Gasteiger partial charge in [-0.05, 0) is 35.2 Å². The molecule has 0 bridgehead atoms. The minimum Gasteiger partial charge on any atom is -0.497 e. The number of nitrogens with zero attached hydrogens (tertiary/aromatic N) is 2. The van der Waals surface area contributed by atoms with Crippen LogP contribution in [0.3, 0.4) is 0 Å². The number of benzene rings is 2. The fourth-order valence-corrected chi connectivity index (χ4v) is 2.47. The van der Waals surface area contributed by atoms with Gasteiger partial charge in [0.05, 0.1) is 7.11 Å². The van der Waals surface area contributed by atoms with Crippen molar-refractivity contribution in [2.75, 3.05) is 7.11 Å². The summed E-state index contributed by atoms with van der Waals surface area (Å²) >= 11 is 0. The fraction of sp³-hybridized carbons (Fsp3) is 0.118. The Bertz CT molecular complexity index is 820. The van der Waals surface area contributed by atoms with E-state index >= 15 is 0 Å². The highest BCUT2D eigenvalue weighted by molar-refractivity contribution is 6.00. The van der Waals surface area contributed by atoms with Crippen molar-refractivity contribution in [2.24, 2.45) is 10.9 Å². The molecule has 0 aliphatic carbocycles. The van der Waals surface area contributed by atoms with E-state index in [1.54, 1.807) is 7.11 Å². The summed E-state index contributed by atoms with van der Waals surface area (Å²) < 4.78 is 7.30. The molecular formula is C17H17N3O2. The van der Waals surface area contributed by atoms with Crippen LogP contribution in [0, 0.1) is 0 Å². The van der Waals surface area contributed by atoms with E-state index in [9.17, 15) is 0 Å². The van der Waals surface area contributed by atoms with Crippen molar-refractivity contribution in [1.82, 2.24) is 4.57 Å². The van der Waals surface area contributed by atoms with Gasteiger partial charge >= 0.3 is 0 Å². The van der Waals surface area contributed by atoms with Crippen LogP contribution in [0.1, 0.15) is 11.1 Å². The van der Waals surface area contributed by atoms with Crippen molar-refractivity contribution in [3.63, 3.8) is 0 Å². The van der Waals surface area contributed by atoms with E-state index in [-0.39, 0.29) is 5.84 Å². The van der Waals surface area contributed by atoms with Gasteiger partial charge in [-0.3, -0.25) is 0 Å². The second-order valence-corrected chi connectivity index (χ2v) is 5.05. The minimum absolute atomic E-state index is 0.110. The number of amidine groups is 1. The first kappa shape index (κ1) is 14.0. The summed E-state index contributed by atoms with van der Waals surface area (Å²) in [4.78, 5) is 0. The van der Waals surface area contributed by atoms with Gasteiger partial charge in [-0.2, -0.15) is 0 Å². The summed E-state index contributed by atoms with van der Waals surface area (Å²) in [6.45, 7) is 0.743. The van der Waals surface area contributed by atoms with Crippen LogP contribution in [0.5, 0.6) is 5.75 Å². The predicted molar refractivity (Wildman–Crippen MR) is 86.5 cm³/mol. The molecule has 3 aromatic rings. The van der Waals surface area contributed by atoms with Gasteiger partial charge in [0.1, 0.15) is 5.75 Å². The second kappa shape index (κ2) is 5.81. The number of fused-ring (bicyclic) bond motifs is 1. The smallest absolute Gasteiger partial charge is 0.170 e. The molecule has 0 saturated carbocycles. The first-order chi connectivity index (χ1) is 10.7. The molecule has 0 unspecified atom stereocenters. The van der Waals surface area contributed by atoms with Gasteiger partial charge in [0.25, 0.3) is 0 Å². The lowest BCUT2D eigenvalue weighted by Gasteiger charge is -2.08. The van der Waals surface area contributed by atoms with Crippen LogP contribution in [0.2, 0.25) is 0 Å². The Labute approximate surface area is 128 Å². The van der Waals surface area contributed by atoms with Crippen molar-refractivity contribution in [1.29, 1.82) is 0 Å². The third-order valence-electron chi connectivity index (χ3n) is 3.69. The summed E-state index contributed by atoms with van der Waals surface area (Å²) in [7, 11) is 1.66. The van der Waals surface area contributed by atoms with E-state index in [0.29, 0.717) is 5.56 Å². The van der Waals surface area contributed by atoms with Gasteiger partial charge < -0.3 is 20.2 Å². The highest BCUT2D eigenvalue weighted by Gasteiger charge is 2.06. The molecule has 112 valence electrons. The molecule has 5 heteroatoms. The molecule has 0 fully saturated rings. The zero-order valence-corrected chi connectivity index (χ0v) is 12.2. The number of hydrogen-bond acceptors (Lipinski definition) is 3. The third kappa shape index (κ3) is 2.61. The maximum absolute atomic E-state index is 8.81. The lowest BCUT2D eigenvalue weighted by atomic mass is 10.1. The number of ether oxygens (including phenoxy) is 1. The van der Waals surface area contributed by atoms with Crippen molar-refractivity contribution < 1.29 is 9.94 Å². The Balaban J connectivity index is 1.95. The molecule has 0 atom stereocenters. The largest absolute Gasteiger partial charge is 0.497 e. The minimum atomic E-state index is 0.110. The maximum atomic E-state index is 8.81. The number of hydrogen-bond donors (Lipinski definition) is 2. The van der Waals surface area contributed by atoms with E-state index in [0.717, 1.165) is 23.2 Å². The Morgan fingerprint density at radius 3 is 2.64 bits per heavy atom. The van der Waals surface area contributed by atoms with Gasteiger partial charge in [-0.1, -0.05) is 29.4 Å². The summed E-state index contributed by atoms with van der Waals surface area (Å²) in [6, 6.07) is 15.8. The molecule has 0 spiro atoms. The standard InChI is InChI=1S/C17H17N3O2/c1-22-15-6-2-12(3-7-15)11-20-9-8-13-4-5-14(10-16(13)20)17(18)19-21/h2-10,21H,11H2,1H3,(H2,18,19). The second-order valence-electron chi connectivity index (χ2n) is 5.05. The molecule has 5 nitrogen and oxygen atoms in total. The third-order valence-corrected chi connectivity index (χ3v) is 3.69. The summed E-state index contributed by atoms with van der Waals surface area (Å²) in [5.74, 6) is 0.953. The molecule has 0 aliphatic heterocycles. The zero-order chi connectivity index (χ0) is 15.5. The Morgan fingerprint density at radius 2 is 1.95 bits per heavy atom. The van der Waals surface area contributed by atoms with E-state index in [4.69, 9.17) is 15.7 Å². The first-order valence-corrected chi connectivity index (χ1v) is 6.91. The van der Waals surface area contributed by atoms with Gasteiger partial charge in [0, 0.05) is 23.8 Å². The lowest BCUT2D eigenvalue weighted by Crippen LogP contribution is -2.13. The van der Waals surface area contributed by atoms with Crippen LogP contribution in [-0.4, -0.2) is 22.7 Å². The highest BCUT2D eigenvalue weighted by atomic mass is 16.5. The topological polar surface area (TPSA) is 72.8 Å². The molecule has 0 amide bonds. The molecule has 3 N–H and O–H groups in total. The van der Waals surface area contributed by atoms with Crippen LogP contribution in [-0.2, 0) is 6.54 Å². The van der Waals surface area contributed by atoms with E-state index < -0.39 is 0 Å². The zero-order valence-electron chi connectivity index (χ0n) is 12.2. The molecule has 1 heterocycles. The van der Waals surface area contributed by atoms with E-state index in [2.05, 4.69) is 15.8 Å². The van der Waals surface area contributed by atoms with Crippen molar-refractivity contribution in [3.8, 4) is 5.75 Å². The van der Waals surface area contributed by atoms with Crippen LogP contribution in [0.25, 0.3) is 10.9 Å². The van der Waals surface area contributed by atoms with Crippen LogP contribution < -0.4 is 10.5 Å². The number of nitrogens with two attached hydrogens (primary N) is 1. The SMILES string of the molecule is COc1ccc(Cn2ccc3ccc(C(N)=NO)cc32)cc1. The number of methoxy groups -OCH3 is 1. The van der Waals surface area contributed by atoms with Crippen molar-refractivity contribution in [2.45, 2.75) is 6.54 Å². The Morgan fingerprint density at radius 1 is 1.18 bits per heavy atom. The molecule has 0 saturated heterocycles. The van der Waals surface area contributed by atoms with Gasteiger partial charge in [-0.15, -0.1) is 0 Å².